The van der Waals surface area contributed by atoms with E-state index in [9.17, 15) is 5.11 Å². The molecular formula is C26H45NO3Te. The van der Waals surface area contributed by atoms with Crippen LogP contribution in [0.3, 0.4) is 0 Å². The monoisotopic (exact) mass is 549 g/mol. The third kappa shape index (κ3) is 10.9. The minimum atomic E-state index is -0.615. The molecule has 0 spiro atoms. The number of pyridine rings is 1. The Balaban J connectivity index is 1.49. The Morgan fingerprint density at radius 3 is 1.94 bits per heavy atom. The quantitative estimate of drug-likeness (QED) is 0.183. The normalized spacial score (nSPS) is 15.6. The van der Waals surface area contributed by atoms with Crippen molar-refractivity contribution in [2.45, 2.75) is 134 Å². The number of aromatic nitrogens is 1. The Morgan fingerprint density at radius 1 is 0.839 bits per heavy atom. The third-order valence-corrected chi connectivity index (χ3v) is 9.13. The van der Waals surface area contributed by atoms with Gasteiger partial charge in [0, 0.05) is 0 Å². The van der Waals surface area contributed by atoms with Gasteiger partial charge in [0.05, 0.1) is 0 Å². The van der Waals surface area contributed by atoms with Crippen LogP contribution in [0, 0.1) is 0 Å². The SMILES string of the molecule is CCCCCCCCCCCCCCCC[Te]c1ncc2c(c1O)COC(C)(C)OC2. The summed E-state index contributed by atoms with van der Waals surface area (Å²) in [6.07, 6.45) is 21.4. The molecule has 4 nitrogen and oxygen atoms in total. The molecule has 0 fully saturated rings. The molecule has 2 heterocycles. The first-order valence-electron chi connectivity index (χ1n) is 12.6. The Labute approximate surface area is 201 Å². The molecule has 0 aliphatic carbocycles. The second-order valence-corrected chi connectivity index (χ2v) is 12.4. The number of aromatic hydroxyl groups is 1. The van der Waals surface area contributed by atoms with Gasteiger partial charge in [0.25, 0.3) is 0 Å². The number of nitrogens with zero attached hydrogens (tertiary/aromatic N) is 1. The molecular weight excluding hydrogens is 502 g/mol. The fourth-order valence-corrected chi connectivity index (χ4v) is 6.60. The van der Waals surface area contributed by atoms with Gasteiger partial charge in [-0.1, -0.05) is 26.2 Å². The van der Waals surface area contributed by atoms with Crippen LogP contribution in [0.1, 0.15) is 122 Å². The van der Waals surface area contributed by atoms with Crippen LogP contribution < -0.4 is 3.74 Å². The van der Waals surface area contributed by atoms with Crippen molar-refractivity contribution in [3.63, 3.8) is 0 Å². The van der Waals surface area contributed by atoms with Crippen LogP contribution in [0.2, 0.25) is 4.47 Å². The van der Waals surface area contributed by atoms with Crippen molar-refractivity contribution >= 4 is 24.7 Å². The molecule has 0 amide bonds. The van der Waals surface area contributed by atoms with Crippen LogP contribution in [0.5, 0.6) is 5.75 Å². The number of unbranched alkanes of at least 4 members (excludes halogenated alkanes) is 13. The standard InChI is InChI=1S/C26H45NO3Te/c1-4-5-6-7-8-9-10-11-12-13-14-15-16-17-18-31-25-24(28)23-21-30-26(2,3)29-20-22(23)19-27-25/h19,28H,4-18,20-21H2,1-3H3. The summed E-state index contributed by atoms with van der Waals surface area (Å²) >= 11 is -0.442. The maximum atomic E-state index is 10.7. The molecule has 0 aromatic carbocycles. The Morgan fingerprint density at radius 2 is 1.35 bits per heavy atom. The first kappa shape index (κ1) is 26.9. The van der Waals surface area contributed by atoms with Gasteiger partial charge >= 0.3 is 175 Å². The predicted octanol–water partition coefficient (Wildman–Crippen LogP) is 6.80. The Kier molecular flexibility index (Phi) is 13.4. The molecule has 1 aliphatic heterocycles. The summed E-state index contributed by atoms with van der Waals surface area (Å²) in [5, 5.41) is 10.7. The van der Waals surface area contributed by atoms with E-state index in [1.807, 2.05) is 20.0 Å². The van der Waals surface area contributed by atoms with Crippen molar-refractivity contribution in [2.75, 3.05) is 0 Å². The van der Waals surface area contributed by atoms with Gasteiger partial charge in [-0.2, -0.15) is 0 Å². The average Bonchev–Trinajstić information content (AvgIpc) is 2.91. The van der Waals surface area contributed by atoms with E-state index in [0.717, 1.165) is 14.9 Å². The molecule has 0 saturated carbocycles. The summed E-state index contributed by atoms with van der Waals surface area (Å²) in [7, 11) is 0. The predicted molar refractivity (Wildman–Crippen MR) is 130 cm³/mol. The summed E-state index contributed by atoms with van der Waals surface area (Å²) in [6.45, 7) is 6.95. The summed E-state index contributed by atoms with van der Waals surface area (Å²) in [6, 6.07) is 0. The second kappa shape index (κ2) is 15.5. The van der Waals surface area contributed by atoms with Crippen LogP contribution in [-0.2, 0) is 22.7 Å². The second-order valence-electron chi connectivity index (χ2n) is 9.34. The van der Waals surface area contributed by atoms with Gasteiger partial charge in [-0.15, -0.1) is 0 Å². The summed E-state index contributed by atoms with van der Waals surface area (Å²) in [4.78, 5) is 4.56. The van der Waals surface area contributed by atoms with E-state index in [2.05, 4.69) is 11.9 Å². The van der Waals surface area contributed by atoms with E-state index in [4.69, 9.17) is 9.47 Å². The summed E-state index contributed by atoms with van der Waals surface area (Å²) < 4.78 is 13.7. The van der Waals surface area contributed by atoms with Crippen LogP contribution in [-0.4, -0.2) is 36.8 Å². The van der Waals surface area contributed by atoms with Crippen LogP contribution in [0.15, 0.2) is 6.20 Å². The fraction of sp³-hybridized carbons (Fsp3) is 0.808. The molecule has 1 aromatic heterocycles. The number of rotatable bonds is 16. The first-order chi connectivity index (χ1) is 15.0. The topological polar surface area (TPSA) is 51.6 Å². The van der Waals surface area contributed by atoms with Crippen molar-refractivity contribution in [3.05, 3.63) is 17.3 Å². The van der Waals surface area contributed by atoms with Crippen molar-refractivity contribution < 1.29 is 14.6 Å². The van der Waals surface area contributed by atoms with Gasteiger partial charge in [-0.25, -0.2) is 0 Å². The van der Waals surface area contributed by atoms with E-state index in [-0.39, 0.29) is 0 Å². The van der Waals surface area contributed by atoms with E-state index >= 15 is 0 Å². The number of hydrogen-bond acceptors (Lipinski definition) is 4. The van der Waals surface area contributed by atoms with Crippen LogP contribution >= 0.6 is 0 Å². The van der Waals surface area contributed by atoms with Crippen LogP contribution in [0.4, 0.5) is 0 Å². The van der Waals surface area contributed by atoms with Gasteiger partial charge < -0.3 is 0 Å². The van der Waals surface area contributed by atoms with Gasteiger partial charge in [0.2, 0.25) is 0 Å². The number of ether oxygens (including phenoxy) is 2. The number of hydrogen-bond donors (Lipinski definition) is 1. The molecule has 31 heavy (non-hydrogen) atoms. The Hall–Kier alpha value is -0.340. The first-order valence-corrected chi connectivity index (χ1v) is 15.4. The van der Waals surface area contributed by atoms with E-state index in [0.29, 0.717) is 19.0 Å². The van der Waals surface area contributed by atoms with Crippen LogP contribution in [0.25, 0.3) is 0 Å². The fourth-order valence-electron chi connectivity index (χ4n) is 3.95. The van der Waals surface area contributed by atoms with E-state index < -0.39 is 26.7 Å². The van der Waals surface area contributed by atoms with Gasteiger partial charge in [-0.05, 0) is 0 Å². The zero-order valence-electron chi connectivity index (χ0n) is 20.2. The number of fused-ring (bicyclic) bond motifs is 1. The Bertz CT molecular complexity index is 621. The zero-order valence-corrected chi connectivity index (χ0v) is 22.5. The molecule has 0 radical (unpaired) electrons. The van der Waals surface area contributed by atoms with Crippen molar-refractivity contribution in [1.82, 2.24) is 4.98 Å². The summed E-state index contributed by atoms with van der Waals surface area (Å²) in [5.74, 6) is -0.247. The van der Waals surface area contributed by atoms with Crippen molar-refractivity contribution in [3.8, 4) is 5.75 Å². The molecule has 1 N–H and O–H groups in total. The van der Waals surface area contributed by atoms with Gasteiger partial charge in [0.1, 0.15) is 0 Å². The molecule has 5 heteroatoms. The van der Waals surface area contributed by atoms with Gasteiger partial charge in [0.15, 0.2) is 0 Å². The van der Waals surface area contributed by atoms with Crippen molar-refractivity contribution in [2.24, 2.45) is 0 Å². The van der Waals surface area contributed by atoms with Gasteiger partial charge in [-0.3, -0.25) is 0 Å². The molecule has 2 rings (SSSR count). The molecule has 0 atom stereocenters. The molecule has 0 bridgehead atoms. The molecule has 0 unspecified atom stereocenters. The third-order valence-electron chi connectivity index (χ3n) is 6.09. The average molecular weight is 547 g/mol. The van der Waals surface area contributed by atoms with E-state index in [1.165, 1.54) is 94.4 Å². The zero-order chi connectivity index (χ0) is 22.4. The molecule has 1 aromatic rings. The molecule has 178 valence electrons. The van der Waals surface area contributed by atoms with E-state index in [1.54, 1.807) is 0 Å². The molecule has 1 aliphatic rings. The van der Waals surface area contributed by atoms with Crippen molar-refractivity contribution in [1.29, 1.82) is 0 Å². The maximum absolute atomic E-state index is 10.7. The minimum absolute atomic E-state index is 0.367. The summed E-state index contributed by atoms with van der Waals surface area (Å²) in [5.41, 5.74) is 1.83. The molecule has 0 saturated heterocycles.